The molecule has 0 saturated carbocycles. The highest BCUT2D eigenvalue weighted by molar-refractivity contribution is 5.88. The Labute approximate surface area is 138 Å². The summed E-state index contributed by atoms with van der Waals surface area (Å²) in [5.41, 5.74) is 0. The summed E-state index contributed by atoms with van der Waals surface area (Å²) in [6, 6.07) is 0. The Morgan fingerprint density at radius 1 is 1.17 bits per heavy atom. The van der Waals surface area contributed by atoms with Crippen LogP contribution in [-0.4, -0.2) is 49.6 Å². The van der Waals surface area contributed by atoms with E-state index in [1.807, 2.05) is 17.1 Å². The van der Waals surface area contributed by atoms with E-state index in [4.69, 9.17) is 11.2 Å². The fourth-order valence-electron chi connectivity index (χ4n) is 3.09. The normalized spacial score (nSPS) is 24.0. The Morgan fingerprint density at radius 3 is 2.57 bits per heavy atom. The SMILES string of the molecule is C#CCCCCNC(=O)[C@@H]1CC=CC[C@H]1C(=O)N1CCOCC1. The minimum absolute atomic E-state index is 0.0123. The van der Waals surface area contributed by atoms with E-state index in [1.165, 1.54) is 0 Å². The van der Waals surface area contributed by atoms with Crippen molar-refractivity contribution in [3.05, 3.63) is 12.2 Å². The number of carbonyl (C=O) groups excluding carboxylic acids is 2. The molecule has 2 atom stereocenters. The van der Waals surface area contributed by atoms with Crippen molar-refractivity contribution in [1.82, 2.24) is 10.2 Å². The van der Waals surface area contributed by atoms with Crippen LogP contribution in [0, 0.1) is 24.2 Å². The van der Waals surface area contributed by atoms with Crippen LogP contribution in [0.5, 0.6) is 0 Å². The topological polar surface area (TPSA) is 58.6 Å². The van der Waals surface area contributed by atoms with E-state index in [0.717, 1.165) is 19.3 Å². The second-order valence-electron chi connectivity index (χ2n) is 6.05. The van der Waals surface area contributed by atoms with E-state index in [0.29, 0.717) is 45.7 Å². The lowest BCUT2D eigenvalue weighted by Gasteiger charge is -2.34. The number of morpholine rings is 1. The third-order valence-electron chi connectivity index (χ3n) is 4.46. The Bertz CT molecular complexity index is 475. The zero-order valence-electron chi connectivity index (χ0n) is 13.6. The maximum atomic E-state index is 12.7. The van der Waals surface area contributed by atoms with E-state index in [2.05, 4.69) is 11.2 Å². The van der Waals surface area contributed by atoms with Gasteiger partial charge in [0.15, 0.2) is 0 Å². The third kappa shape index (κ3) is 5.11. The van der Waals surface area contributed by atoms with Crippen LogP contribution in [0.25, 0.3) is 0 Å². The quantitative estimate of drug-likeness (QED) is 0.457. The largest absolute Gasteiger partial charge is 0.378 e. The first-order valence-electron chi connectivity index (χ1n) is 8.46. The van der Waals surface area contributed by atoms with Crippen molar-refractivity contribution in [2.24, 2.45) is 11.8 Å². The van der Waals surface area contributed by atoms with Crippen LogP contribution >= 0.6 is 0 Å². The molecule has 2 aliphatic rings. The first kappa shape index (κ1) is 17.6. The fourth-order valence-corrected chi connectivity index (χ4v) is 3.09. The van der Waals surface area contributed by atoms with Gasteiger partial charge in [0.1, 0.15) is 0 Å². The van der Waals surface area contributed by atoms with Gasteiger partial charge in [-0.05, 0) is 25.7 Å². The van der Waals surface area contributed by atoms with Crippen LogP contribution < -0.4 is 5.32 Å². The van der Waals surface area contributed by atoms with Crippen LogP contribution in [0.1, 0.15) is 32.1 Å². The van der Waals surface area contributed by atoms with Gasteiger partial charge in [0.25, 0.3) is 0 Å². The molecule has 0 aromatic rings. The van der Waals surface area contributed by atoms with Gasteiger partial charge in [-0.25, -0.2) is 0 Å². The Balaban J connectivity index is 1.87. The standard InChI is InChI=1S/C18H26N2O3/c1-2-3-4-7-10-19-17(21)15-8-5-6-9-16(15)18(22)20-11-13-23-14-12-20/h1,5-6,15-16H,3-4,7-14H2,(H,19,21)/t15-,16-/m1/s1. The van der Waals surface area contributed by atoms with Crippen LogP contribution in [-0.2, 0) is 14.3 Å². The summed E-state index contributed by atoms with van der Waals surface area (Å²) in [7, 11) is 0. The minimum Gasteiger partial charge on any atom is -0.378 e. The molecule has 2 rings (SSSR count). The van der Waals surface area contributed by atoms with Gasteiger partial charge < -0.3 is 15.0 Å². The van der Waals surface area contributed by atoms with Crippen LogP contribution in [0.3, 0.4) is 0 Å². The number of unbranched alkanes of at least 4 members (excludes halogenated alkanes) is 2. The zero-order chi connectivity index (χ0) is 16.5. The van der Waals surface area contributed by atoms with E-state index in [9.17, 15) is 9.59 Å². The number of nitrogens with one attached hydrogen (secondary N) is 1. The number of terminal acetylenes is 1. The first-order valence-corrected chi connectivity index (χ1v) is 8.46. The summed E-state index contributed by atoms with van der Waals surface area (Å²) >= 11 is 0. The molecule has 0 spiro atoms. The molecule has 23 heavy (non-hydrogen) atoms. The average Bonchev–Trinajstić information content (AvgIpc) is 2.61. The summed E-state index contributed by atoms with van der Waals surface area (Å²) in [5, 5.41) is 2.96. The summed E-state index contributed by atoms with van der Waals surface area (Å²) in [4.78, 5) is 27.0. The number of ether oxygens (including phenoxy) is 1. The number of nitrogens with zero attached hydrogens (tertiary/aromatic N) is 1. The maximum absolute atomic E-state index is 12.7. The van der Waals surface area contributed by atoms with Gasteiger partial charge in [-0.2, -0.15) is 0 Å². The molecule has 1 aliphatic heterocycles. The molecule has 5 heteroatoms. The van der Waals surface area contributed by atoms with Crippen LogP contribution in [0.2, 0.25) is 0 Å². The van der Waals surface area contributed by atoms with Gasteiger partial charge in [0.2, 0.25) is 11.8 Å². The number of hydrogen-bond donors (Lipinski definition) is 1. The predicted octanol–water partition coefficient (Wildman–Crippen LogP) is 1.35. The second kappa shape index (κ2) is 9.36. The molecule has 1 heterocycles. The van der Waals surface area contributed by atoms with Gasteiger partial charge in [0.05, 0.1) is 25.0 Å². The summed E-state index contributed by atoms with van der Waals surface area (Å²) < 4.78 is 5.30. The van der Waals surface area contributed by atoms with Crippen LogP contribution in [0.15, 0.2) is 12.2 Å². The van der Waals surface area contributed by atoms with Gasteiger partial charge >= 0.3 is 0 Å². The summed E-state index contributed by atoms with van der Waals surface area (Å²) in [5.74, 6) is 2.16. The van der Waals surface area contributed by atoms with E-state index in [1.54, 1.807) is 0 Å². The van der Waals surface area contributed by atoms with Gasteiger partial charge in [-0.15, -0.1) is 12.3 Å². The molecular weight excluding hydrogens is 292 g/mol. The van der Waals surface area contributed by atoms with Crippen molar-refractivity contribution in [2.45, 2.75) is 32.1 Å². The molecule has 0 bridgehead atoms. The van der Waals surface area contributed by atoms with E-state index < -0.39 is 0 Å². The number of amides is 2. The van der Waals surface area contributed by atoms with Gasteiger partial charge in [-0.1, -0.05) is 12.2 Å². The van der Waals surface area contributed by atoms with Crippen molar-refractivity contribution in [1.29, 1.82) is 0 Å². The lowest BCUT2D eigenvalue weighted by Crippen LogP contribution is -2.48. The Kier molecular flexibility index (Phi) is 7.15. The first-order chi connectivity index (χ1) is 11.2. The predicted molar refractivity (Wildman–Crippen MR) is 88.4 cm³/mol. The highest BCUT2D eigenvalue weighted by Gasteiger charge is 2.36. The lowest BCUT2D eigenvalue weighted by atomic mass is 9.81. The average molecular weight is 318 g/mol. The fraction of sp³-hybridized carbons (Fsp3) is 0.667. The van der Waals surface area contributed by atoms with Gasteiger partial charge in [0, 0.05) is 26.1 Å². The Morgan fingerprint density at radius 2 is 1.87 bits per heavy atom. The Hall–Kier alpha value is -1.80. The molecule has 1 aliphatic carbocycles. The van der Waals surface area contributed by atoms with E-state index in [-0.39, 0.29) is 23.7 Å². The number of hydrogen-bond acceptors (Lipinski definition) is 3. The molecule has 126 valence electrons. The summed E-state index contributed by atoms with van der Waals surface area (Å²) in [6.07, 6.45) is 13.0. The third-order valence-corrected chi connectivity index (χ3v) is 4.46. The second-order valence-corrected chi connectivity index (χ2v) is 6.05. The smallest absolute Gasteiger partial charge is 0.226 e. The molecule has 0 radical (unpaired) electrons. The molecule has 2 amide bonds. The van der Waals surface area contributed by atoms with E-state index >= 15 is 0 Å². The maximum Gasteiger partial charge on any atom is 0.226 e. The monoisotopic (exact) mass is 318 g/mol. The molecule has 5 nitrogen and oxygen atoms in total. The zero-order valence-corrected chi connectivity index (χ0v) is 13.6. The van der Waals surface area contributed by atoms with Gasteiger partial charge in [-0.3, -0.25) is 9.59 Å². The molecule has 1 saturated heterocycles. The number of rotatable bonds is 6. The summed E-state index contributed by atoms with van der Waals surface area (Å²) in [6.45, 7) is 3.04. The highest BCUT2D eigenvalue weighted by atomic mass is 16.5. The number of allylic oxidation sites excluding steroid dienone is 2. The molecule has 1 fully saturated rings. The highest BCUT2D eigenvalue weighted by Crippen LogP contribution is 2.28. The lowest BCUT2D eigenvalue weighted by molar-refractivity contribution is -0.145. The van der Waals surface area contributed by atoms with Crippen molar-refractivity contribution in [2.75, 3.05) is 32.8 Å². The molecule has 0 aromatic heterocycles. The van der Waals surface area contributed by atoms with Crippen molar-refractivity contribution in [3.63, 3.8) is 0 Å². The molecule has 0 unspecified atom stereocenters. The molecular formula is C18H26N2O3. The minimum atomic E-state index is -0.261. The van der Waals surface area contributed by atoms with Crippen molar-refractivity contribution < 1.29 is 14.3 Å². The van der Waals surface area contributed by atoms with Crippen molar-refractivity contribution >= 4 is 11.8 Å². The number of carbonyl (C=O) groups is 2. The molecule has 1 N–H and O–H groups in total. The molecule has 0 aromatic carbocycles. The van der Waals surface area contributed by atoms with Crippen LogP contribution in [0.4, 0.5) is 0 Å². The van der Waals surface area contributed by atoms with Crippen molar-refractivity contribution in [3.8, 4) is 12.3 Å².